The summed E-state index contributed by atoms with van der Waals surface area (Å²) in [6, 6.07) is 2.07. The smallest absolute Gasteiger partial charge is 0.165 e. The Hall–Kier alpha value is -0.305. The van der Waals surface area contributed by atoms with Crippen LogP contribution < -0.4 is 5.59 Å². The van der Waals surface area contributed by atoms with Gasteiger partial charge in [-0.25, -0.2) is 4.37 Å². The van der Waals surface area contributed by atoms with Gasteiger partial charge in [-0.05, 0) is 24.5 Å². The molecule has 7 heavy (non-hydrogen) atoms. The average molecular weight is 111 g/mol. The first kappa shape index (κ1) is 4.84. The molecule has 0 atom stereocenters. The summed E-state index contributed by atoms with van der Waals surface area (Å²) in [5.74, 6) is 0. The van der Waals surface area contributed by atoms with E-state index in [1.54, 1.807) is 11.5 Å². The highest BCUT2D eigenvalue weighted by molar-refractivity contribution is 7.06. The Morgan fingerprint density at radius 3 is 2.71 bits per heavy atom. The lowest BCUT2D eigenvalue weighted by Gasteiger charge is -1.66. The molecule has 1 heterocycles. The summed E-state index contributed by atoms with van der Waals surface area (Å²) in [7, 11) is 2.00. The van der Waals surface area contributed by atoms with Gasteiger partial charge in [-0.15, -0.1) is 0 Å². The van der Waals surface area contributed by atoms with E-state index in [0.29, 0.717) is 0 Å². The fourth-order valence-electron chi connectivity index (χ4n) is 0.491. The van der Waals surface area contributed by atoms with E-state index in [4.69, 9.17) is 0 Å². The summed E-state index contributed by atoms with van der Waals surface area (Å²) < 4.78 is 4.06. The van der Waals surface area contributed by atoms with Crippen molar-refractivity contribution in [2.24, 2.45) is 0 Å². The van der Waals surface area contributed by atoms with E-state index in [9.17, 15) is 0 Å². The van der Waals surface area contributed by atoms with Crippen molar-refractivity contribution in [1.29, 1.82) is 0 Å². The van der Waals surface area contributed by atoms with Crippen LogP contribution in [0.1, 0.15) is 4.88 Å². The Morgan fingerprint density at radius 2 is 2.57 bits per heavy atom. The van der Waals surface area contributed by atoms with Crippen LogP contribution in [0.25, 0.3) is 0 Å². The van der Waals surface area contributed by atoms with Gasteiger partial charge in [0, 0.05) is 10.5 Å². The highest BCUT2D eigenvalue weighted by Gasteiger charge is 1.86. The second-order valence-electron chi connectivity index (χ2n) is 1.58. The predicted octanol–water partition coefficient (Wildman–Crippen LogP) is -0.290. The Morgan fingerprint density at radius 1 is 1.86 bits per heavy atom. The van der Waals surface area contributed by atoms with E-state index in [1.807, 2.05) is 7.85 Å². The molecule has 0 fully saturated rings. The molecule has 0 amide bonds. The van der Waals surface area contributed by atoms with Crippen LogP contribution >= 0.6 is 11.5 Å². The quantitative estimate of drug-likeness (QED) is 0.419. The third-order valence-corrected chi connectivity index (χ3v) is 1.53. The van der Waals surface area contributed by atoms with Gasteiger partial charge in [-0.3, -0.25) is 0 Å². The molecular weight excluding hydrogens is 105 g/mol. The molecule has 0 unspecified atom stereocenters. The number of rotatable bonds is 0. The number of aromatic nitrogens is 1. The summed E-state index contributed by atoms with van der Waals surface area (Å²) in [6.07, 6.45) is 0. The van der Waals surface area contributed by atoms with Gasteiger partial charge in [-0.1, -0.05) is 0 Å². The van der Waals surface area contributed by atoms with E-state index in [2.05, 4.69) is 17.4 Å². The highest BCUT2D eigenvalue weighted by Crippen LogP contribution is 1.96. The van der Waals surface area contributed by atoms with Crippen molar-refractivity contribution in [3.05, 3.63) is 10.9 Å². The van der Waals surface area contributed by atoms with Gasteiger partial charge in [0.25, 0.3) is 0 Å². The Balaban J connectivity index is 3.04. The molecular formula is C4H6BNS. The number of hydrogen-bond donors (Lipinski definition) is 0. The molecule has 0 saturated carbocycles. The predicted molar refractivity (Wildman–Crippen MR) is 35.0 cm³/mol. The number of hydrogen-bond acceptors (Lipinski definition) is 2. The van der Waals surface area contributed by atoms with Crippen LogP contribution in [-0.4, -0.2) is 12.2 Å². The van der Waals surface area contributed by atoms with E-state index in [1.165, 1.54) is 4.88 Å². The van der Waals surface area contributed by atoms with Crippen LogP contribution in [0.5, 0.6) is 0 Å². The van der Waals surface area contributed by atoms with Crippen molar-refractivity contribution in [2.45, 2.75) is 6.92 Å². The maximum atomic E-state index is 4.06. The normalized spacial score (nSPS) is 9.29. The van der Waals surface area contributed by atoms with Gasteiger partial charge < -0.3 is 0 Å². The van der Waals surface area contributed by atoms with Gasteiger partial charge in [0.1, 0.15) is 0 Å². The zero-order valence-electron chi connectivity index (χ0n) is 4.43. The van der Waals surface area contributed by atoms with Crippen molar-refractivity contribution in [1.82, 2.24) is 4.37 Å². The van der Waals surface area contributed by atoms with Crippen molar-refractivity contribution in [2.75, 3.05) is 0 Å². The van der Waals surface area contributed by atoms with Crippen LogP contribution in [0.2, 0.25) is 0 Å². The molecule has 0 bridgehead atoms. The summed E-state index contributed by atoms with van der Waals surface area (Å²) >= 11 is 1.55. The monoisotopic (exact) mass is 111 g/mol. The third-order valence-electron chi connectivity index (χ3n) is 0.746. The lowest BCUT2D eigenvalue weighted by Crippen LogP contribution is -1.98. The summed E-state index contributed by atoms with van der Waals surface area (Å²) in [4.78, 5) is 1.29. The van der Waals surface area contributed by atoms with E-state index >= 15 is 0 Å². The maximum absolute atomic E-state index is 4.06. The molecule has 0 aliphatic heterocycles. The van der Waals surface area contributed by atoms with E-state index < -0.39 is 0 Å². The Kier molecular flexibility index (Phi) is 1.15. The van der Waals surface area contributed by atoms with E-state index in [-0.39, 0.29) is 0 Å². The molecule has 3 heteroatoms. The molecule has 0 aliphatic carbocycles. The summed E-state index contributed by atoms with van der Waals surface area (Å²) in [5, 5.41) is 0. The SMILES string of the molecule is Bc1cc(C)sn1. The largest absolute Gasteiger partial charge is 0.208 e. The zero-order chi connectivity index (χ0) is 5.28. The highest BCUT2D eigenvalue weighted by atomic mass is 32.1. The van der Waals surface area contributed by atoms with Crippen molar-refractivity contribution < 1.29 is 0 Å². The molecule has 36 valence electrons. The lowest BCUT2D eigenvalue weighted by atomic mass is 10.1. The summed E-state index contributed by atoms with van der Waals surface area (Å²) in [6.45, 7) is 2.06. The second-order valence-corrected chi connectivity index (χ2v) is 2.59. The minimum absolute atomic E-state index is 1.13. The van der Waals surface area contributed by atoms with Gasteiger partial charge in [0.2, 0.25) is 0 Å². The Labute approximate surface area is 47.9 Å². The Bertz CT molecular complexity index is 144. The first-order chi connectivity index (χ1) is 3.29. The van der Waals surface area contributed by atoms with Crippen LogP contribution in [0.15, 0.2) is 6.07 Å². The molecule has 0 N–H and O–H groups in total. The lowest BCUT2D eigenvalue weighted by molar-refractivity contribution is 1.64. The topological polar surface area (TPSA) is 12.9 Å². The first-order valence-corrected chi connectivity index (χ1v) is 2.96. The van der Waals surface area contributed by atoms with Gasteiger partial charge in [-0.2, -0.15) is 0 Å². The molecule has 0 aromatic carbocycles. The van der Waals surface area contributed by atoms with Crippen molar-refractivity contribution >= 4 is 25.0 Å². The van der Waals surface area contributed by atoms with Crippen LogP contribution in [0.3, 0.4) is 0 Å². The molecule has 0 aliphatic rings. The van der Waals surface area contributed by atoms with Crippen LogP contribution in [-0.2, 0) is 0 Å². The minimum atomic E-state index is 1.13. The number of aryl methyl sites for hydroxylation is 1. The van der Waals surface area contributed by atoms with Crippen LogP contribution in [0.4, 0.5) is 0 Å². The molecule has 1 rings (SSSR count). The van der Waals surface area contributed by atoms with Crippen molar-refractivity contribution in [3.8, 4) is 0 Å². The molecule has 1 aromatic heterocycles. The minimum Gasteiger partial charge on any atom is -0.208 e. The van der Waals surface area contributed by atoms with E-state index in [0.717, 1.165) is 5.59 Å². The second kappa shape index (κ2) is 1.66. The van der Waals surface area contributed by atoms with Gasteiger partial charge in [0.15, 0.2) is 7.85 Å². The molecule has 1 aromatic rings. The molecule has 1 nitrogen and oxygen atoms in total. The van der Waals surface area contributed by atoms with Gasteiger partial charge >= 0.3 is 0 Å². The zero-order valence-corrected chi connectivity index (χ0v) is 5.25. The molecule has 0 spiro atoms. The average Bonchev–Trinajstić information content (AvgIpc) is 1.87. The fourth-order valence-corrected chi connectivity index (χ4v) is 1.05. The standard InChI is InChI=1S/C4H6BNS/c1-3-2-4(5)6-7-3/h2H,5H2,1H3. The first-order valence-electron chi connectivity index (χ1n) is 2.19. The fraction of sp³-hybridized carbons (Fsp3) is 0.250. The van der Waals surface area contributed by atoms with Crippen molar-refractivity contribution in [3.63, 3.8) is 0 Å². The molecule has 0 radical (unpaired) electrons. The molecule has 0 saturated heterocycles. The third kappa shape index (κ3) is 1.03. The maximum Gasteiger partial charge on any atom is 0.165 e. The van der Waals surface area contributed by atoms with Crippen LogP contribution in [0, 0.1) is 6.92 Å². The summed E-state index contributed by atoms with van der Waals surface area (Å²) in [5.41, 5.74) is 1.13. The van der Waals surface area contributed by atoms with Gasteiger partial charge in [0.05, 0.1) is 0 Å². The number of nitrogens with zero attached hydrogens (tertiary/aromatic N) is 1.